The monoisotopic (exact) mass is 443 g/mol. The summed E-state index contributed by atoms with van der Waals surface area (Å²) in [5.41, 5.74) is 8.42. The molecule has 2 rings (SSSR count). The molecule has 1 unspecified atom stereocenters. The Morgan fingerprint density at radius 2 is 1.55 bits per heavy atom. The lowest BCUT2D eigenvalue weighted by Gasteiger charge is -2.52. The van der Waals surface area contributed by atoms with Crippen LogP contribution < -0.4 is 0 Å². The van der Waals surface area contributed by atoms with E-state index in [1.807, 2.05) is 0 Å². The van der Waals surface area contributed by atoms with Gasteiger partial charge in [0, 0.05) is 4.91 Å². The number of carbonyl (C=O) groups excluding carboxylic acids is 1. The molecule has 0 radical (unpaired) electrons. The minimum atomic E-state index is -2.92. The standard InChI is InChI=1S/C19H37N3O5Si2/c1-12(2)28(13(3)4)24-10-17-18(19(11-23,21-22-20)16(9)25-17)26-29(27-28,14(5)6)15(7)8/h11-18H,10H2,1-9H3/t16-,17+,18-,19?/m0/s1. The molecule has 0 amide bonds. The van der Waals surface area contributed by atoms with Gasteiger partial charge in [-0.3, -0.25) is 0 Å². The topological polar surface area (TPSA) is 103 Å². The van der Waals surface area contributed by atoms with Gasteiger partial charge in [0.15, 0.2) is 5.54 Å². The molecule has 0 N–H and O–H groups in total. The van der Waals surface area contributed by atoms with Gasteiger partial charge < -0.3 is 22.5 Å². The number of carbonyl (C=O) groups is 1. The van der Waals surface area contributed by atoms with Crippen LogP contribution in [0.4, 0.5) is 0 Å². The number of hydrogen-bond acceptors (Lipinski definition) is 6. The van der Waals surface area contributed by atoms with Crippen LogP contribution in [-0.4, -0.2) is 53.9 Å². The first-order valence-corrected chi connectivity index (χ1v) is 14.6. The zero-order chi connectivity index (χ0) is 22.2. The van der Waals surface area contributed by atoms with E-state index < -0.39 is 41.0 Å². The van der Waals surface area contributed by atoms with Crippen LogP contribution in [0.3, 0.4) is 0 Å². The molecule has 4 atom stereocenters. The van der Waals surface area contributed by atoms with Crippen molar-refractivity contribution in [2.45, 2.75) is 108 Å². The normalized spacial score (nSPS) is 34.0. The number of aldehydes is 1. The van der Waals surface area contributed by atoms with Gasteiger partial charge in [-0.05, 0) is 34.6 Å². The maximum absolute atomic E-state index is 12.2. The van der Waals surface area contributed by atoms with Gasteiger partial charge in [-0.15, -0.1) is 0 Å². The SMILES string of the molecule is CC(C)[Si]1(C(C)C)OC[C@H]2O[C@@H](C)C(C=O)(N=[N+]=[N-])[C@H]2O[Si](C(C)C)(C(C)C)O1. The Balaban J connectivity index is 2.69. The maximum Gasteiger partial charge on any atom is 0.335 e. The summed E-state index contributed by atoms with van der Waals surface area (Å²) < 4.78 is 26.7. The van der Waals surface area contributed by atoms with Crippen LogP contribution in [0.2, 0.25) is 22.2 Å². The molecule has 8 nitrogen and oxygen atoms in total. The summed E-state index contributed by atoms with van der Waals surface area (Å²) in [6, 6.07) is 0. The number of hydrogen-bond donors (Lipinski definition) is 0. The van der Waals surface area contributed by atoms with Crippen LogP contribution in [0.1, 0.15) is 62.3 Å². The van der Waals surface area contributed by atoms with Crippen LogP contribution in [0.5, 0.6) is 0 Å². The Hall–Kier alpha value is -0.746. The fourth-order valence-electron chi connectivity index (χ4n) is 4.79. The molecule has 2 saturated heterocycles. The van der Waals surface area contributed by atoms with E-state index >= 15 is 0 Å². The van der Waals surface area contributed by atoms with Gasteiger partial charge in [-0.25, -0.2) is 0 Å². The molecule has 0 aliphatic carbocycles. The Kier molecular flexibility index (Phi) is 7.42. The Bertz CT molecular complexity index is 638. The molecular formula is C19H37N3O5Si2. The van der Waals surface area contributed by atoms with Gasteiger partial charge in [0.05, 0.1) is 18.8 Å². The second kappa shape index (κ2) is 8.78. The van der Waals surface area contributed by atoms with E-state index in [-0.39, 0.29) is 28.8 Å². The lowest BCUT2D eigenvalue weighted by Crippen LogP contribution is -2.67. The lowest BCUT2D eigenvalue weighted by molar-refractivity contribution is -0.115. The Labute approximate surface area is 176 Å². The Morgan fingerprint density at radius 1 is 1.03 bits per heavy atom. The van der Waals surface area contributed by atoms with Crippen LogP contribution in [0, 0.1) is 0 Å². The molecule has 0 aromatic rings. The summed E-state index contributed by atoms with van der Waals surface area (Å²) in [4.78, 5) is 15.1. The van der Waals surface area contributed by atoms with Crippen molar-refractivity contribution in [1.29, 1.82) is 0 Å². The summed E-state index contributed by atoms with van der Waals surface area (Å²) in [5.74, 6) is 0. The molecule has 0 saturated carbocycles. The summed E-state index contributed by atoms with van der Waals surface area (Å²) in [6.07, 6.45) is -1.14. The third-order valence-corrected chi connectivity index (χ3v) is 16.8. The van der Waals surface area contributed by atoms with Crippen molar-refractivity contribution in [2.24, 2.45) is 5.11 Å². The largest absolute Gasteiger partial charge is 0.414 e. The zero-order valence-electron chi connectivity index (χ0n) is 19.2. The van der Waals surface area contributed by atoms with Gasteiger partial charge in [0.25, 0.3) is 0 Å². The van der Waals surface area contributed by atoms with Gasteiger partial charge in [0.1, 0.15) is 12.4 Å². The highest BCUT2D eigenvalue weighted by Gasteiger charge is 2.64. The lowest BCUT2D eigenvalue weighted by atomic mass is 9.90. The van der Waals surface area contributed by atoms with Crippen molar-refractivity contribution >= 4 is 23.4 Å². The van der Waals surface area contributed by atoms with Gasteiger partial charge in [0.2, 0.25) is 0 Å². The van der Waals surface area contributed by atoms with Gasteiger partial charge in [-0.2, -0.15) is 0 Å². The maximum atomic E-state index is 12.2. The number of fused-ring (bicyclic) bond motifs is 1. The third-order valence-electron chi connectivity index (χ3n) is 6.55. The fourth-order valence-corrected chi connectivity index (χ4v) is 16.0. The minimum Gasteiger partial charge on any atom is -0.414 e. The Morgan fingerprint density at radius 3 is 1.97 bits per heavy atom. The number of ether oxygens (including phenoxy) is 1. The zero-order valence-corrected chi connectivity index (χ0v) is 21.2. The van der Waals surface area contributed by atoms with Crippen LogP contribution in [-0.2, 0) is 22.5 Å². The molecule has 0 spiro atoms. The highest BCUT2D eigenvalue weighted by Crippen LogP contribution is 2.49. The number of nitrogens with zero attached hydrogens (tertiary/aromatic N) is 3. The van der Waals surface area contributed by atoms with E-state index in [2.05, 4.69) is 65.4 Å². The van der Waals surface area contributed by atoms with Crippen molar-refractivity contribution in [3.8, 4) is 0 Å². The van der Waals surface area contributed by atoms with E-state index in [4.69, 9.17) is 17.7 Å². The van der Waals surface area contributed by atoms with Crippen LogP contribution >= 0.6 is 0 Å². The van der Waals surface area contributed by atoms with Crippen molar-refractivity contribution in [1.82, 2.24) is 0 Å². The predicted octanol–water partition coefficient (Wildman–Crippen LogP) is 4.98. The second-order valence-corrected chi connectivity index (χ2v) is 18.4. The minimum absolute atomic E-state index is 0.112. The molecule has 2 aliphatic heterocycles. The quantitative estimate of drug-likeness (QED) is 0.189. The first kappa shape index (κ1) is 24.5. The first-order valence-electron chi connectivity index (χ1n) is 10.6. The molecule has 10 heteroatoms. The predicted molar refractivity (Wildman–Crippen MR) is 116 cm³/mol. The average Bonchev–Trinajstić information content (AvgIpc) is 2.86. The van der Waals surface area contributed by atoms with E-state index in [0.717, 1.165) is 0 Å². The highest BCUT2D eigenvalue weighted by molar-refractivity contribution is 6.84. The molecular weight excluding hydrogens is 406 g/mol. The van der Waals surface area contributed by atoms with E-state index in [0.29, 0.717) is 6.29 Å². The average molecular weight is 444 g/mol. The summed E-state index contributed by atoms with van der Waals surface area (Å²) in [5, 5.41) is 3.89. The first-order chi connectivity index (χ1) is 13.4. The van der Waals surface area contributed by atoms with Gasteiger partial charge >= 0.3 is 17.1 Å². The summed E-state index contributed by atoms with van der Waals surface area (Å²) in [6.45, 7) is 19.1. The molecule has 2 fully saturated rings. The van der Waals surface area contributed by atoms with Crippen molar-refractivity contribution in [3.63, 3.8) is 0 Å². The fraction of sp³-hybridized carbons (Fsp3) is 0.947. The smallest absolute Gasteiger partial charge is 0.335 e. The van der Waals surface area contributed by atoms with E-state index in [1.165, 1.54) is 0 Å². The van der Waals surface area contributed by atoms with Gasteiger partial charge in [-0.1, -0.05) is 60.5 Å². The number of azide groups is 1. The van der Waals surface area contributed by atoms with Crippen molar-refractivity contribution < 1.29 is 22.5 Å². The van der Waals surface area contributed by atoms with E-state index in [1.54, 1.807) is 6.92 Å². The highest BCUT2D eigenvalue weighted by atomic mass is 28.5. The van der Waals surface area contributed by atoms with Crippen LogP contribution in [0.25, 0.3) is 10.4 Å². The molecule has 166 valence electrons. The molecule has 2 heterocycles. The molecule has 0 aromatic heterocycles. The molecule has 0 bridgehead atoms. The second-order valence-electron chi connectivity index (χ2n) is 9.52. The van der Waals surface area contributed by atoms with Crippen molar-refractivity contribution in [3.05, 3.63) is 10.4 Å². The van der Waals surface area contributed by atoms with E-state index in [9.17, 15) is 10.3 Å². The summed E-state index contributed by atoms with van der Waals surface area (Å²) >= 11 is 0. The third kappa shape index (κ3) is 3.84. The molecule has 2 aliphatic rings. The van der Waals surface area contributed by atoms with Crippen molar-refractivity contribution in [2.75, 3.05) is 6.61 Å². The molecule has 29 heavy (non-hydrogen) atoms. The molecule has 0 aromatic carbocycles. The van der Waals surface area contributed by atoms with Crippen LogP contribution in [0.15, 0.2) is 5.11 Å². The number of rotatable bonds is 6. The summed E-state index contributed by atoms with van der Waals surface area (Å²) in [7, 11) is -5.59.